The molecule has 126 valence electrons. The van der Waals surface area contributed by atoms with E-state index in [0.29, 0.717) is 0 Å². The number of benzene rings is 1. The number of hydrogen-bond acceptors (Lipinski definition) is 5. The van der Waals surface area contributed by atoms with E-state index in [0.717, 1.165) is 21.7 Å². The van der Waals surface area contributed by atoms with Gasteiger partial charge >= 0.3 is 0 Å². The third-order valence-electron chi connectivity index (χ3n) is 3.75. The van der Waals surface area contributed by atoms with Gasteiger partial charge in [-0.05, 0) is 19.1 Å². The summed E-state index contributed by atoms with van der Waals surface area (Å²) in [4.78, 5) is 17.0. The van der Waals surface area contributed by atoms with E-state index in [-0.39, 0.29) is 23.9 Å². The Morgan fingerprint density at radius 2 is 2.08 bits per heavy atom. The highest BCUT2D eigenvalue weighted by molar-refractivity contribution is 7.09. The molecule has 0 spiro atoms. The number of hydrogen-bond donors (Lipinski definition) is 1. The van der Waals surface area contributed by atoms with Crippen molar-refractivity contribution in [2.45, 2.75) is 45.7 Å². The first kappa shape index (κ1) is 16.6. The first-order valence-electron chi connectivity index (χ1n) is 7.88. The molecule has 3 aromatic rings. The van der Waals surface area contributed by atoms with E-state index >= 15 is 0 Å². The van der Waals surface area contributed by atoms with E-state index in [2.05, 4.69) is 46.8 Å². The van der Waals surface area contributed by atoms with Crippen LogP contribution in [0.15, 0.2) is 29.6 Å². The minimum Gasteiger partial charge on any atom is -0.346 e. The highest BCUT2D eigenvalue weighted by Gasteiger charge is 2.20. The molecule has 0 fully saturated rings. The molecule has 2 heterocycles. The zero-order valence-electron chi connectivity index (χ0n) is 14.3. The van der Waals surface area contributed by atoms with E-state index in [9.17, 15) is 4.79 Å². The van der Waals surface area contributed by atoms with Crippen molar-refractivity contribution >= 4 is 28.3 Å². The fourth-order valence-electron chi connectivity index (χ4n) is 2.35. The van der Waals surface area contributed by atoms with Crippen LogP contribution in [0.3, 0.4) is 0 Å². The molecule has 1 aromatic carbocycles. The molecule has 0 aliphatic rings. The number of rotatable bonds is 4. The number of fused-ring (bicyclic) bond motifs is 1. The van der Waals surface area contributed by atoms with Crippen LogP contribution in [-0.4, -0.2) is 25.9 Å². The second-order valence-electron chi connectivity index (χ2n) is 6.85. The number of carbonyl (C=O) groups is 1. The van der Waals surface area contributed by atoms with Gasteiger partial charge in [-0.2, -0.15) is 0 Å². The maximum atomic E-state index is 12.3. The third kappa shape index (κ3) is 3.46. The lowest BCUT2D eigenvalue weighted by Crippen LogP contribution is -2.30. The van der Waals surface area contributed by atoms with Crippen LogP contribution in [0.2, 0.25) is 0 Å². The Morgan fingerprint density at radius 1 is 1.33 bits per heavy atom. The Morgan fingerprint density at radius 3 is 2.79 bits per heavy atom. The topological polar surface area (TPSA) is 72.7 Å². The van der Waals surface area contributed by atoms with Crippen molar-refractivity contribution in [3.8, 4) is 0 Å². The van der Waals surface area contributed by atoms with Gasteiger partial charge in [-0.15, -0.1) is 16.4 Å². The van der Waals surface area contributed by atoms with E-state index in [4.69, 9.17) is 0 Å². The molecule has 24 heavy (non-hydrogen) atoms. The number of aromatic nitrogens is 4. The summed E-state index contributed by atoms with van der Waals surface area (Å²) in [6.07, 6.45) is 0. The normalized spacial score (nSPS) is 13.2. The fraction of sp³-hybridized carbons (Fsp3) is 0.412. The monoisotopic (exact) mass is 343 g/mol. The van der Waals surface area contributed by atoms with E-state index in [1.54, 1.807) is 16.0 Å². The molecule has 0 aliphatic heterocycles. The molecule has 0 radical (unpaired) electrons. The summed E-state index contributed by atoms with van der Waals surface area (Å²) in [6, 6.07) is 7.46. The number of carbonyl (C=O) groups excluding carboxylic acids is 1. The molecule has 0 unspecified atom stereocenters. The lowest BCUT2D eigenvalue weighted by Gasteiger charge is -2.15. The SMILES string of the molecule is C[C@H](NC(=O)Cn1nnc2ccccc21)c1nc(C(C)(C)C)cs1. The average Bonchev–Trinajstić information content (AvgIpc) is 3.14. The smallest absolute Gasteiger partial charge is 0.242 e. The lowest BCUT2D eigenvalue weighted by atomic mass is 9.93. The molecule has 0 saturated carbocycles. The summed E-state index contributed by atoms with van der Waals surface area (Å²) in [5.41, 5.74) is 2.70. The van der Waals surface area contributed by atoms with Crippen LogP contribution in [0.4, 0.5) is 0 Å². The van der Waals surface area contributed by atoms with Crippen molar-refractivity contribution in [1.29, 1.82) is 0 Å². The van der Waals surface area contributed by atoms with Gasteiger partial charge in [-0.25, -0.2) is 9.67 Å². The summed E-state index contributed by atoms with van der Waals surface area (Å²) >= 11 is 1.58. The molecule has 1 atom stereocenters. The zero-order valence-corrected chi connectivity index (χ0v) is 15.1. The molecular weight excluding hydrogens is 322 g/mol. The van der Waals surface area contributed by atoms with Gasteiger partial charge in [0.2, 0.25) is 5.91 Å². The number of nitrogens with zero attached hydrogens (tertiary/aromatic N) is 4. The number of thiazole rings is 1. The first-order valence-corrected chi connectivity index (χ1v) is 8.76. The van der Waals surface area contributed by atoms with Gasteiger partial charge in [0.05, 0.1) is 17.3 Å². The molecule has 0 bridgehead atoms. The predicted octanol–water partition coefficient (Wildman–Crippen LogP) is 3.06. The molecule has 0 saturated heterocycles. The van der Waals surface area contributed by atoms with Crippen LogP contribution in [0.5, 0.6) is 0 Å². The highest BCUT2D eigenvalue weighted by Crippen LogP contribution is 2.26. The van der Waals surface area contributed by atoms with E-state index in [1.165, 1.54) is 0 Å². The van der Waals surface area contributed by atoms with Crippen molar-refractivity contribution in [3.63, 3.8) is 0 Å². The van der Waals surface area contributed by atoms with Crippen molar-refractivity contribution < 1.29 is 4.79 Å². The molecule has 1 amide bonds. The fourth-order valence-corrected chi connectivity index (χ4v) is 3.40. The highest BCUT2D eigenvalue weighted by atomic mass is 32.1. The first-order chi connectivity index (χ1) is 11.3. The Labute approximate surface area is 144 Å². The summed E-state index contributed by atoms with van der Waals surface area (Å²) in [7, 11) is 0. The van der Waals surface area contributed by atoms with Crippen molar-refractivity contribution in [2.75, 3.05) is 0 Å². The van der Waals surface area contributed by atoms with Gasteiger partial charge in [-0.3, -0.25) is 4.79 Å². The maximum absolute atomic E-state index is 12.3. The molecule has 0 aliphatic carbocycles. The largest absolute Gasteiger partial charge is 0.346 e. The Kier molecular flexibility index (Phi) is 4.36. The zero-order chi connectivity index (χ0) is 17.3. The molecule has 1 N–H and O–H groups in total. The molecule has 3 rings (SSSR count). The van der Waals surface area contributed by atoms with Gasteiger partial charge in [0.1, 0.15) is 17.1 Å². The molecule has 2 aromatic heterocycles. The Bertz CT molecular complexity index is 861. The second-order valence-corrected chi connectivity index (χ2v) is 7.74. The molecular formula is C17H21N5OS. The molecule has 6 nitrogen and oxygen atoms in total. The van der Waals surface area contributed by atoms with Crippen LogP contribution in [-0.2, 0) is 16.8 Å². The van der Waals surface area contributed by atoms with Crippen LogP contribution in [0.25, 0.3) is 11.0 Å². The van der Waals surface area contributed by atoms with Crippen LogP contribution in [0.1, 0.15) is 44.4 Å². The number of amides is 1. The summed E-state index contributed by atoms with van der Waals surface area (Å²) in [5.74, 6) is -0.106. The van der Waals surface area contributed by atoms with E-state index < -0.39 is 0 Å². The Balaban J connectivity index is 1.67. The standard InChI is InChI=1S/C17H21N5OS/c1-11(16-19-14(10-24-16)17(2,3)4)18-15(23)9-22-13-8-6-5-7-12(13)20-21-22/h5-8,10-11H,9H2,1-4H3,(H,18,23)/t11-/m0/s1. The minimum atomic E-state index is -0.131. The van der Waals surface area contributed by atoms with Gasteiger partial charge < -0.3 is 5.32 Å². The van der Waals surface area contributed by atoms with Gasteiger partial charge in [-0.1, -0.05) is 38.1 Å². The van der Waals surface area contributed by atoms with Crippen LogP contribution in [0, 0.1) is 0 Å². The average molecular weight is 343 g/mol. The van der Waals surface area contributed by atoms with E-state index in [1.807, 2.05) is 31.2 Å². The van der Waals surface area contributed by atoms with Gasteiger partial charge in [0.15, 0.2) is 0 Å². The summed E-state index contributed by atoms with van der Waals surface area (Å²) < 4.78 is 1.61. The summed E-state index contributed by atoms with van der Waals surface area (Å²) in [5, 5.41) is 14.1. The quantitative estimate of drug-likeness (QED) is 0.790. The van der Waals surface area contributed by atoms with Gasteiger partial charge in [0.25, 0.3) is 0 Å². The van der Waals surface area contributed by atoms with Crippen molar-refractivity contribution in [2.24, 2.45) is 0 Å². The second kappa shape index (κ2) is 6.32. The third-order valence-corrected chi connectivity index (χ3v) is 4.78. The number of para-hydroxylation sites is 1. The molecule has 7 heteroatoms. The Hall–Kier alpha value is -2.28. The number of nitrogens with one attached hydrogen (secondary N) is 1. The van der Waals surface area contributed by atoms with Crippen LogP contribution >= 0.6 is 11.3 Å². The predicted molar refractivity (Wildman–Crippen MR) is 94.9 cm³/mol. The van der Waals surface area contributed by atoms with Gasteiger partial charge in [0, 0.05) is 10.8 Å². The lowest BCUT2D eigenvalue weighted by molar-refractivity contribution is -0.122. The minimum absolute atomic E-state index is 0.0120. The van der Waals surface area contributed by atoms with Crippen molar-refractivity contribution in [3.05, 3.63) is 40.3 Å². The van der Waals surface area contributed by atoms with Crippen LogP contribution < -0.4 is 5.32 Å². The summed E-state index contributed by atoms with van der Waals surface area (Å²) in [6.45, 7) is 8.48. The van der Waals surface area contributed by atoms with Crippen molar-refractivity contribution in [1.82, 2.24) is 25.3 Å². The maximum Gasteiger partial charge on any atom is 0.242 e.